The lowest BCUT2D eigenvalue weighted by Gasteiger charge is -2.31. The normalized spacial score (nSPS) is 12.1. The van der Waals surface area contributed by atoms with Gasteiger partial charge in [-0.15, -0.1) is 0 Å². The van der Waals surface area contributed by atoms with E-state index in [-0.39, 0.29) is 24.8 Å². The number of benzene rings is 2. The van der Waals surface area contributed by atoms with Crippen molar-refractivity contribution in [2.24, 2.45) is 0 Å². The van der Waals surface area contributed by atoms with Gasteiger partial charge in [-0.05, 0) is 50.5 Å². The van der Waals surface area contributed by atoms with Gasteiger partial charge >= 0.3 is 0 Å². The third kappa shape index (κ3) is 8.02. The zero-order chi connectivity index (χ0) is 25.3. The standard InChI is InChI=1S/C25H34ClN3O4S/c1-5-23(25(31)27-6-2)28(18-20-14-12-19(3)13-15-20)24(30)11-8-16-29(34(4,32)33)22-10-7-9-21(26)17-22/h7,9-10,12-15,17,23H,5-6,8,11,16,18H2,1-4H3,(H,27,31). The maximum absolute atomic E-state index is 13.3. The van der Waals surface area contributed by atoms with Gasteiger partial charge in [0.05, 0.1) is 11.9 Å². The summed E-state index contributed by atoms with van der Waals surface area (Å²) in [5.74, 6) is -0.389. The summed E-state index contributed by atoms with van der Waals surface area (Å²) in [5.41, 5.74) is 2.49. The summed E-state index contributed by atoms with van der Waals surface area (Å²) in [6.07, 6.45) is 2.01. The molecular weight excluding hydrogens is 474 g/mol. The molecule has 2 amide bonds. The van der Waals surface area contributed by atoms with Crippen LogP contribution < -0.4 is 9.62 Å². The van der Waals surface area contributed by atoms with Crippen molar-refractivity contribution in [1.82, 2.24) is 10.2 Å². The number of rotatable bonds is 12. The molecule has 1 N–H and O–H groups in total. The van der Waals surface area contributed by atoms with Crippen LogP contribution in [0.3, 0.4) is 0 Å². The predicted molar refractivity (Wildman–Crippen MR) is 137 cm³/mol. The van der Waals surface area contributed by atoms with E-state index in [1.807, 2.05) is 45.0 Å². The molecule has 34 heavy (non-hydrogen) atoms. The average Bonchev–Trinajstić information content (AvgIpc) is 2.77. The van der Waals surface area contributed by atoms with E-state index in [1.54, 1.807) is 29.2 Å². The largest absolute Gasteiger partial charge is 0.355 e. The molecule has 1 atom stereocenters. The Balaban J connectivity index is 2.19. The fourth-order valence-electron chi connectivity index (χ4n) is 3.74. The zero-order valence-electron chi connectivity index (χ0n) is 20.3. The van der Waals surface area contributed by atoms with Crippen LogP contribution in [0.4, 0.5) is 5.69 Å². The van der Waals surface area contributed by atoms with Crippen molar-refractivity contribution in [3.05, 3.63) is 64.7 Å². The lowest BCUT2D eigenvalue weighted by Crippen LogP contribution is -2.49. The van der Waals surface area contributed by atoms with Gasteiger partial charge in [0, 0.05) is 31.1 Å². The molecule has 0 heterocycles. The Bertz CT molecular complexity index is 1070. The first-order chi connectivity index (χ1) is 16.1. The van der Waals surface area contributed by atoms with E-state index in [4.69, 9.17) is 11.6 Å². The van der Waals surface area contributed by atoms with Crippen molar-refractivity contribution in [2.45, 2.75) is 52.6 Å². The molecule has 2 aromatic rings. The highest BCUT2D eigenvalue weighted by Gasteiger charge is 2.28. The molecule has 0 aromatic heterocycles. The molecule has 0 aliphatic rings. The number of halogens is 1. The second-order valence-electron chi connectivity index (χ2n) is 8.24. The summed E-state index contributed by atoms with van der Waals surface area (Å²) >= 11 is 6.04. The van der Waals surface area contributed by atoms with E-state index in [9.17, 15) is 18.0 Å². The topological polar surface area (TPSA) is 86.8 Å². The first-order valence-corrected chi connectivity index (χ1v) is 13.7. The van der Waals surface area contributed by atoms with Gasteiger partial charge in [-0.1, -0.05) is 54.4 Å². The predicted octanol–water partition coefficient (Wildman–Crippen LogP) is 4.14. The average molecular weight is 508 g/mol. The van der Waals surface area contributed by atoms with Gasteiger partial charge in [-0.2, -0.15) is 0 Å². The molecule has 0 bridgehead atoms. The quantitative estimate of drug-likeness (QED) is 0.467. The Hall–Kier alpha value is -2.58. The number of nitrogens with zero attached hydrogens (tertiary/aromatic N) is 2. The van der Waals surface area contributed by atoms with Crippen LogP contribution >= 0.6 is 11.6 Å². The fraction of sp³-hybridized carbons (Fsp3) is 0.440. The third-order valence-corrected chi connectivity index (χ3v) is 6.89. The second-order valence-corrected chi connectivity index (χ2v) is 10.6. The number of amides is 2. The summed E-state index contributed by atoms with van der Waals surface area (Å²) in [5, 5.41) is 3.24. The molecular formula is C25H34ClN3O4S. The van der Waals surface area contributed by atoms with E-state index in [2.05, 4.69) is 5.32 Å². The molecule has 186 valence electrons. The number of hydrogen-bond acceptors (Lipinski definition) is 4. The Morgan fingerprint density at radius 3 is 2.32 bits per heavy atom. The van der Waals surface area contributed by atoms with E-state index in [0.717, 1.165) is 17.4 Å². The number of likely N-dealkylation sites (N-methyl/N-ethyl adjacent to an activating group) is 1. The van der Waals surface area contributed by atoms with Crippen molar-refractivity contribution < 1.29 is 18.0 Å². The maximum Gasteiger partial charge on any atom is 0.242 e. The monoisotopic (exact) mass is 507 g/mol. The maximum atomic E-state index is 13.3. The van der Waals surface area contributed by atoms with Gasteiger partial charge in [-0.25, -0.2) is 8.42 Å². The lowest BCUT2D eigenvalue weighted by atomic mass is 10.1. The second kappa shape index (κ2) is 12.8. The number of sulfonamides is 1. The number of nitrogens with one attached hydrogen (secondary N) is 1. The molecule has 0 spiro atoms. The van der Waals surface area contributed by atoms with Crippen LogP contribution in [-0.4, -0.2) is 50.5 Å². The molecule has 0 saturated heterocycles. The van der Waals surface area contributed by atoms with Crippen LogP contribution in [-0.2, 0) is 26.2 Å². The van der Waals surface area contributed by atoms with E-state index in [0.29, 0.717) is 36.6 Å². The van der Waals surface area contributed by atoms with Gasteiger partial charge in [0.1, 0.15) is 6.04 Å². The van der Waals surface area contributed by atoms with Crippen LogP contribution in [0.1, 0.15) is 44.2 Å². The minimum Gasteiger partial charge on any atom is -0.355 e. The first-order valence-electron chi connectivity index (χ1n) is 11.4. The summed E-state index contributed by atoms with van der Waals surface area (Å²) in [7, 11) is -3.56. The SMILES string of the molecule is CCNC(=O)C(CC)N(Cc1ccc(C)cc1)C(=O)CCCN(c1cccc(Cl)c1)S(C)(=O)=O. The van der Waals surface area contributed by atoms with Crippen molar-refractivity contribution in [1.29, 1.82) is 0 Å². The lowest BCUT2D eigenvalue weighted by molar-refractivity contribution is -0.141. The zero-order valence-corrected chi connectivity index (χ0v) is 21.8. The Labute approximate surface area is 208 Å². The molecule has 0 fully saturated rings. The molecule has 0 aliphatic heterocycles. The number of anilines is 1. The van der Waals surface area contributed by atoms with Gasteiger partial charge in [0.15, 0.2) is 0 Å². The molecule has 9 heteroatoms. The summed E-state index contributed by atoms with van der Waals surface area (Å²) in [6.45, 7) is 6.61. The van der Waals surface area contributed by atoms with Gasteiger partial charge in [0.25, 0.3) is 0 Å². The summed E-state index contributed by atoms with van der Waals surface area (Å²) in [6, 6.07) is 13.8. The summed E-state index contributed by atoms with van der Waals surface area (Å²) < 4.78 is 26.0. The smallest absolute Gasteiger partial charge is 0.242 e. The molecule has 0 saturated carbocycles. The molecule has 2 rings (SSSR count). The van der Waals surface area contributed by atoms with E-state index in [1.165, 1.54) is 4.31 Å². The Morgan fingerprint density at radius 2 is 1.76 bits per heavy atom. The Kier molecular flexibility index (Phi) is 10.4. The van der Waals surface area contributed by atoms with Crippen molar-refractivity contribution >= 4 is 39.1 Å². The van der Waals surface area contributed by atoms with Crippen molar-refractivity contribution in [3.8, 4) is 0 Å². The third-order valence-electron chi connectivity index (χ3n) is 5.46. The highest BCUT2D eigenvalue weighted by Crippen LogP contribution is 2.23. The Morgan fingerprint density at radius 1 is 1.09 bits per heavy atom. The summed E-state index contributed by atoms with van der Waals surface area (Å²) in [4.78, 5) is 27.6. The molecule has 0 radical (unpaired) electrons. The molecule has 0 aliphatic carbocycles. The number of aryl methyl sites for hydroxylation is 1. The van der Waals surface area contributed by atoms with Gasteiger partial charge in [-0.3, -0.25) is 13.9 Å². The van der Waals surface area contributed by atoms with Crippen LogP contribution in [0.25, 0.3) is 0 Å². The van der Waals surface area contributed by atoms with Crippen molar-refractivity contribution in [2.75, 3.05) is 23.7 Å². The van der Waals surface area contributed by atoms with E-state index >= 15 is 0 Å². The minimum atomic E-state index is -3.56. The molecule has 2 aromatic carbocycles. The number of carbonyl (C=O) groups excluding carboxylic acids is 2. The minimum absolute atomic E-state index is 0.106. The van der Waals surface area contributed by atoms with Crippen LogP contribution in [0.5, 0.6) is 0 Å². The van der Waals surface area contributed by atoms with E-state index < -0.39 is 16.1 Å². The first kappa shape index (κ1) is 27.7. The fourth-order valence-corrected chi connectivity index (χ4v) is 4.88. The van der Waals surface area contributed by atoms with Crippen LogP contribution in [0.15, 0.2) is 48.5 Å². The van der Waals surface area contributed by atoms with Gasteiger partial charge in [0.2, 0.25) is 21.8 Å². The number of carbonyl (C=O) groups is 2. The van der Waals surface area contributed by atoms with Gasteiger partial charge < -0.3 is 10.2 Å². The molecule has 7 nitrogen and oxygen atoms in total. The van der Waals surface area contributed by atoms with Crippen molar-refractivity contribution in [3.63, 3.8) is 0 Å². The highest BCUT2D eigenvalue weighted by molar-refractivity contribution is 7.92. The highest BCUT2D eigenvalue weighted by atomic mass is 35.5. The van der Waals surface area contributed by atoms with Crippen LogP contribution in [0, 0.1) is 6.92 Å². The number of hydrogen-bond donors (Lipinski definition) is 1. The molecule has 1 unspecified atom stereocenters. The van der Waals surface area contributed by atoms with Crippen LogP contribution in [0.2, 0.25) is 5.02 Å².